The summed E-state index contributed by atoms with van der Waals surface area (Å²) in [6, 6.07) is 6.17. The maximum atomic E-state index is 5.77. The van der Waals surface area contributed by atoms with Gasteiger partial charge < -0.3 is 10.3 Å². The Morgan fingerprint density at radius 3 is 2.53 bits per heavy atom. The van der Waals surface area contributed by atoms with E-state index in [-0.39, 0.29) is 5.54 Å². The third-order valence-corrected chi connectivity index (χ3v) is 3.52. The standard InChI is InChI=1S/C14H19BrN4/c1-9-5-6-10(15)7-11(9)13-18-17-12(8-16)19(13)14(2,3)4/h5-7H,8,16H2,1-4H3. The van der Waals surface area contributed by atoms with Crippen LogP contribution in [-0.2, 0) is 12.1 Å². The predicted molar refractivity (Wildman–Crippen MR) is 80.8 cm³/mol. The van der Waals surface area contributed by atoms with Gasteiger partial charge in [0.05, 0.1) is 6.54 Å². The van der Waals surface area contributed by atoms with Crippen LogP contribution in [-0.4, -0.2) is 14.8 Å². The third-order valence-electron chi connectivity index (χ3n) is 3.02. The summed E-state index contributed by atoms with van der Waals surface area (Å²) in [5.41, 5.74) is 7.92. The highest BCUT2D eigenvalue weighted by Gasteiger charge is 2.24. The van der Waals surface area contributed by atoms with E-state index in [4.69, 9.17) is 5.73 Å². The highest BCUT2D eigenvalue weighted by Crippen LogP contribution is 2.30. The Morgan fingerprint density at radius 1 is 1.26 bits per heavy atom. The first-order valence-corrected chi connectivity index (χ1v) is 7.05. The van der Waals surface area contributed by atoms with Crippen LogP contribution in [0.15, 0.2) is 22.7 Å². The number of halogens is 1. The molecule has 1 heterocycles. The van der Waals surface area contributed by atoms with Gasteiger partial charge in [0.25, 0.3) is 0 Å². The summed E-state index contributed by atoms with van der Waals surface area (Å²) >= 11 is 3.51. The van der Waals surface area contributed by atoms with Crippen molar-refractivity contribution in [2.24, 2.45) is 5.73 Å². The second kappa shape index (κ2) is 5.06. The fourth-order valence-corrected chi connectivity index (χ4v) is 2.52. The lowest BCUT2D eigenvalue weighted by molar-refractivity contribution is 0.386. The Kier molecular flexibility index (Phi) is 3.78. The molecule has 2 N–H and O–H groups in total. The van der Waals surface area contributed by atoms with Crippen molar-refractivity contribution in [2.45, 2.75) is 39.8 Å². The Bertz CT molecular complexity index is 596. The van der Waals surface area contributed by atoms with Crippen LogP contribution in [0, 0.1) is 6.92 Å². The summed E-state index contributed by atoms with van der Waals surface area (Å²) in [5, 5.41) is 8.56. The second-order valence-corrected chi connectivity index (χ2v) is 6.53. The highest BCUT2D eigenvalue weighted by atomic mass is 79.9. The van der Waals surface area contributed by atoms with Crippen LogP contribution in [0.4, 0.5) is 0 Å². The molecule has 1 aromatic heterocycles. The Balaban J connectivity index is 2.69. The molecule has 0 saturated heterocycles. The monoisotopic (exact) mass is 322 g/mol. The fourth-order valence-electron chi connectivity index (χ4n) is 2.16. The average Bonchev–Trinajstić information content (AvgIpc) is 2.75. The van der Waals surface area contributed by atoms with Crippen LogP contribution < -0.4 is 5.73 Å². The predicted octanol–water partition coefficient (Wildman–Crippen LogP) is 3.23. The highest BCUT2D eigenvalue weighted by molar-refractivity contribution is 9.10. The summed E-state index contributed by atoms with van der Waals surface area (Å²) in [7, 11) is 0. The molecule has 0 atom stereocenters. The number of nitrogens with two attached hydrogens (primary N) is 1. The van der Waals surface area contributed by atoms with Gasteiger partial charge in [0.15, 0.2) is 5.82 Å². The molecule has 0 radical (unpaired) electrons. The van der Waals surface area contributed by atoms with Gasteiger partial charge in [-0.1, -0.05) is 22.0 Å². The van der Waals surface area contributed by atoms with E-state index < -0.39 is 0 Å². The summed E-state index contributed by atoms with van der Waals surface area (Å²) in [4.78, 5) is 0. The molecule has 4 nitrogen and oxygen atoms in total. The van der Waals surface area contributed by atoms with Crippen LogP contribution in [0.25, 0.3) is 11.4 Å². The lowest BCUT2D eigenvalue weighted by Gasteiger charge is -2.25. The first-order valence-electron chi connectivity index (χ1n) is 6.26. The molecule has 19 heavy (non-hydrogen) atoms. The van der Waals surface area contributed by atoms with Crippen molar-refractivity contribution in [2.75, 3.05) is 0 Å². The number of rotatable bonds is 2. The van der Waals surface area contributed by atoms with Crippen molar-refractivity contribution in [3.05, 3.63) is 34.1 Å². The molecule has 0 amide bonds. The Morgan fingerprint density at radius 2 is 1.95 bits per heavy atom. The molecule has 2 aromatic rings. The fraction of sp³-hybridized carbons (Fsp3) is 0.429. The largest absolute Gasteiger partial charge is 0.324 e. The zero-order chi connectivity index (χ0) is 14.2. The van der Waals surface area contributed by atoms with E-state index in [1.54, 1.807) is 0 Å². The molecule has 0 aliphatic rings. The summed E-state index contributed by atoms with van der Waals surface area (Å²) in [6.07, 6.45) is 0. The summed E-state index contributed by atoms with van der Waals surface area (Å²) in [5.74, 6) is 1.67. The van der Waals surface area contributed by atoms with Gasteiger partial charge in [-0.3, -0.25) is 0 Å². The molecular formula is C14H19BrN4. The van der Waals surface area contributed by atoms with Gasteiger partial charge in [-0.2, -0.15) is 0 Å². The molecule has 0 unspecified atom stereocenters. The summed E-state index contributed by atoms with van der Waals surface area (Å²) in [6.45, 7) is 8.86. The van der Waals surface area contributed by atoms with Crippen LogP contribution in [0.1, 0.15) is 32.2 Å². The maximum absolute atomic E-state index is 5.77. The summed E-state index contributed by atoms with van der Waals surface area (Å²) < 4.78 is 3.15. The number of nitrogens with zero attached hydrogens (tertiary/aromatic N) is 3. The van der Waals surface area contributed by atoms with E-state index in [0.717, 1.165) is 21.7 Å². The number of hydrogen-bond acceptors (Lipinski definition) is 3. The van der Waals surface area contributed by atoms with E-state index in [1.165, 1.54) is 5.56 Å². The molecule has 0 spiro atoms. The van der Waals surface area contributed by atoms with Gasteiger partial charge in [-0.25, -0.2) is 0 Å². The molecular weight excluding hydrogens is 304 g/mol. The molecule has 5 heteroatoms. The number of benzene rings is 1. The zero-order valence-electron chi connectivity index (χ0n) is 11.7. The van der Waals surface area contributed by atoms with Crippen molar-refractivity contribution in [3.63, 3.8) is 0 Å². The molecule has 0 aliphatic heterocycles. The third kappa shape index (κ3) is 2.72. The van der Waals surface area contributed by atoms with E-state index in [0.29, 0.717) is 6.54 Å². The number of aryl methyl sites for hydroxylation is 1. The van der Waals surface area contributed by atoms with Crippen molar-refractivity contribution < 1.29 is 0 Å². The normalized spacial score (nSPS) is 11.9. The SMILES string of the molecule is Cc1ccc(Br)cc1-c1nnc(CN)n1C(C)(C)C. The van der Waals surface area contributed by atoms with E-state index >= 15 is 0 Å². The van der Waals surface area contributed by atoms with E-state index in [9.17, 15) is 0 Å². The van der Waals surface area contributed by atoms with Gasteiger partial charge in [-0.15, -0.1) is 10.2 Å². The maximum Gasteiger partial charge on any atom is 0.164 e. The molecule has 0 bridgehead atoms. The van der Waals surface area contributed by atoms with Crippen molar-refractivity contribution >= 4 is 15.9 Å². The van der Waals surface area contributed by atoms with Crippen molar-refractivity contribution in [3.8, 4) is 11.4 Å². The lowest BCUT2D eigenvalue weighted by Crippen LogP contribution is -2.26. The quantitative estimate of drug-likeness (QED) is 0.923. The minimum Gasteiger partial charge on any atom is -0.324 e. The van der Waals surface area contributed by atoms with Gasteiger partial charge in [0.2, 0.25) is 0 Å². The van der Waals surface area contributed by atoms with Crippen molar-refractivity contribution in [1.82, 2.24) is 14.8 Å². The average molecular weight is 323 g/mol. The zero-order valence-corrected chi connectivity index (χ0v) is 13.3. The second-order valence-electron chi connectivity index (χ2n) is 5.61. The Hall–Kier alpha value is -1.20. The topological polar surface area (TPSA) is 56.7 Å². The molecule has 0 saturated carbocycles. The molecule has 0 fully saturated rings. The first-order chi connectivity index (χ1) is 8.84. The van der Waals surface area contributed by atoms with Crippen molar-refractivity contribution in [1.29, 1.82) is 0 Å². The van der Waals surface area contributed by atoms with Gasteiger partial charge in [0, 0.05) is 15.6 Å². The number of hydrogen-bond donors (Lipinski definition) is 1. The molecule has 0 aliphatic carbocycles. The van der Waals surface area contributed by atoms with Gasteiger partial charge in [-0.05, 0) is 45.4 Å². The van der Waals surface area contributed by atoms with Crippen LogP contribution >= 0.6 is 15.9 Å². The molecule has 2 rings (SSSR count). The van der Waals surface area contributed by atoms with Crippen LogP contribution in [0.2, 0.25) is 0 Å². The van der Waals surface area contributed by atoms with Crippen LogP contribution in [0.3, 0.4) is 0 Å². The minimum atomic E-state index is -0.109. The number of aromatic nitrogens is 3. The first kappa shape index (κ1) is 14.2. The van der Waals surface area contributed by atoms with Gasteiger partial charge in [0.1, 0.15) is 5.82 Å². The Labute approximate surface area is 122 Å². The lowest BCUT2D eigenvalue weighted by atomic mass is 10.0. The van der Waals surface area contributed by atoms with Crippen LogP contribution in [0.5, 0.6) is 0 Å². The smallest absolute Gasteiger partial charge is 0.164 e. The molecule has 1 aromatic carbocycles. The van der Waals surface area contributed by atoms with E-state index in [2.05, 4.69) is 70.5 Å². The minimum absolute atomic E-state index is 0.109. The van der Waals surface area contributed by atoms with Gasteiger partial charge >= 0.3 is 0 Å². The van der Waals surface area contributed by atoms with E-state index in [1.807, 2.05) is 6.07 Å². The molecule has 102 valence electrons.